The monoisotopic (exact) mass is 219 g/mol. The van der Waals surface area contributed by atoms with Crippen molar-refractivity contribution < 1.29 is 5.11 Å². The van der Waals surface area contributed by atoms with E-state index < -0.39 is 0 Å². The molecular weight excluding hydrogens is 198 g/mol. The number of hydrogen-bond donors (Lipinski definition) is 1. The van der Waals surface area contributed by atoms with Crippen LogP contribution in [0.3, 0.4) is 0 Å². The highest BCUT2D eigenvalue weighted by atomic mass is 16.3. The normalized spacial score (nSPS) is 22.2. The van der Waals surface area contributed by atoms with E-state index in [1.807, 2.05) is 12.1 Å². The molecule has 16 heavy (non-hydrogen) atoms. The number of likely N-dealkylation sites (tertiary alicyclic amines) is 1. The van der Waals surface area contributed by atoms with Crippen LogP contribution in [-0.2, 0) is 13.2 Å². The first kappa shape index (κ1) is 11.6. The SMILES string of the molecule is CC1CCCN(Cc2ccc(CO)cc2)C1. The van der Waals surface area contributed by atoms with Gasteiger partial charge in [0.15, 0.2) is 0 Å². The molecule has 1 aliphatic rings. The van der Waals surface area contributed by atoms with E-state index in [0.29, 0.717) is 0 Å². The van der Waals surface area contributed by atoms with Crippen LogP contribution in [0.5, 0.6) is 0 Å². The molecule has 1 unspecified atom stereocenters. The summed E-state index contributed by atoms with van der Waals surface area (Å²) in [6, 6.07) is 8.29. The van der Waals surface area contributed by atoms with Crippen LogP contribution in [0.1, 0.15) is 30.9 Å². The van der Waals surface area contributed by atoms with Crippen molar-refractivity contribution in [2.24, 2.45) is 5.92 Å². The smallest absolute Gasteiger partial charge is 0.0681 e. The van der Waals surface area contributed by atoms with E-state index in [4.69, 9.17) is 5.11 Å². The predicted octanol–water partition coefficient (Wildman–Crippen LogP) is 2.41. The molecule has 1 saturated heterocycles. The van der Waals surface area contributed by atoms with Gasteiger partial charge in [0.05, 0.1) is 6.61 Å². The van der Waals surface area contributed by atoms with Gasteiger partial charge in [-0.25, -0.2) is 0 Å². The lowest BCUT2D eigenvalue weighted by atomic mass is 10.00. The Morgan fingerprint density at radius 3 is 2.56 bits per heavy atom. The number of benzene rings is 1. The lowest BCUT2D eigenvalue weighted by Gasteiger charge is -2.30. The van der Waals surface area contributed by atoms with Crippen LogP contribution in [0.4, 0.5) is 0 Å². The Morgan fingerprint density at radius 2 is 1.94 bits per heavy atom. The molecule has 0 aromatic heterocycles. The fourth-order valence-corrected chi connectivity index (χ4v) is 2.44. The lowest BCUT2D eigenvalue weighted by molar-refractivity contribution is 0.176. The third kappa shape index (κ3) is 3.06. The van der Waals surface area contributed by atoms with Crippen molar-refractivity contribution in [2.45, 2.75) is 32.9 Å². The standard InChI is InChI=1S/C14H21NO/c1-12-3-2-8-15(9-12)10-13-4-6-14(11-16)7-5-13/h4-7,12,16H,2-3,8-11H2,1H3. The first-order valence-electron chi connectivity index (χ1n) is 6.19. The van der Waals surface area contributed by atoms with Crippen molar-refractivity contribution in [2.75, 3.05) is 13.1 Å². The number of piperidine rings is 1. The zero-order valence-corrected chi connectivity index (χ0v) is 10.0. The summed E-state index contributed by atoms with van der Waals surface area (Å²) in [5, 5.41) is 8.97. The molecule has 0 aliphatic carbocycles. The Kier molecular flexibility index (Phi) is 3.97. The predicted molar refractivity (Wildman–Crippen MR) is 66.0 cm³/mol. The Balaban J connectivity index is 1.92. The van der Waals surface area contributed by atoms with Gasteiger partial charge in [-0.1, -0.05) is 31.2 Å². The average molecular weight is 219 g/mol. The third-order valence-electron chi connectivity index (χ3n) is 3.35. The van der Waals surface area contributed by atoms with Crippen molar-refractivity contribution in [1.29, 1.82) is 0 Å². The quantitative estimate of drug-likeness (QED) is 0.844. The van der Waals surface area contributed by atoms with Crippen molar-refractivity contribution in [3.63, 3.8) is 0 Å². The summed E-state index contributed by atoms with van der Waals surface area (Å²) in [4.78, 5) is 2.53. The lowest BCUT2D eigenvalue weighted by Crippen LogP contribution is -2.33. The molecular formula is C14H21NO. The summed E-state index contributed by atoms with van der Waals surface area (Å²) in [6.45, 7) is 5.98. The first-order valence-corrected chi connectivity index (χ1v) is 6.19. The molecule has 1 heterocycles. The molecule has 0 saturated carbocycles. The van der Waals surface area contributed by atoms with Gasteiger partial charge in [-0.3, -0.25) is 4.90 Å². The van der Waals surface area contributed by atoms with Crippen LogP contribution in [0.2, 0.25) is 0 Å². The minimum absolute atomic E-state index is 0.140. The number of rotatable bonds is 3. The van der Waals surface area contributed by atoms with Crippen LogP contribution < -0.4 is 0 Å². The van der Waals surface area contributed by atoms with Gasteiger partial charge >= 0.3 is 0 Å². The largest absolute Gasteiger partial charge is 0.392 e. The summed E-state index contributed by atoms with van der Waals surface area (Å²) < 4.78 is 0. The van der Waals surface area contributed by atoms with Crippen molar-refractivity contribution in [3.8, 4) is 0 Å². The Hall–Kier alpha value is -0.860. The highest BCUT2D eigenvalue weighted by Gasteiger charge is 2.15. The average Bonchev–Trinajstić information content (AvgIpc) is 2.30. The molecule has 0 spiro atoms. The van der Waals surface area contributed by atoms with E-state index in [9.17, 15) is 0 Å². The number of aliphatic hydroxyl groups is 1. The van der Waals surface area contributed by atoms with Gasteiger partial charge in [0.1, 0.15) is 0 Å². The van der Waals surface area contributed by atoms with Gasteiger partial charge in [0.25, 0.3) is 0 Å². The second-order valence-electron chi connectivity index (χ2n) is 4.96. The minimum Gasteiger partial charge on any atom is -0.392 e. The van der Waals surface area contributed by atoms with E-state index in [1.165, 1.54) is 31.5 Å². The number of aliphatic hydroxyl groups excluding tert-OH is 1. The summed E-state index contributed by atoms with van der Waals surface area (Å²) in [5.74, 6) is 0.838. The fourth-order valence-electron chi connectivity index (χ4n) is 2.44. The van der Waals surface area contributed by atoms with E-state index in [-0.39, 0.29) is 6.61 Å². The zero-order valence-electron chi connectivity index (χ0n) is 10.0. The molecule has 1 aliphatic heterocycles. The molecule has 2 nitrogen and oxygen atoms in total. The molecule has 1 N–H and O–H groups in total. The second kappa shape index (κ2) is 5.46. The van der Waals surface area contributed by atoms with Gasteiger partial charge in [0.2, 0.25) is 0 Å². The van der Waals surface area contributed by atoms with Crippen LogP contribution in [-0.4, -0.2) is 23.1 Å². The maximum Gasteiger partial charge on any atom is 0.0681 e. The minimum atomic E-state index is 0.140. The molecule has 88 valence electrons. The highest BCUT2D eigenvalue weighted by Crippen LogP contribution is 2.17. The van der Waals surface area contributed by atoms with E-state index in [0.717, 1.165) is 18.0 Å². The van der Waals surface area contributed by atoms with Gasteiger partial charge in [-0.05, 0) is 36.4 Å². The molecule has 0 amide bonds. The summed E-state index contributed by atoms with van der Waals surface area (Å²) in [7, 11) is 0. The van der Waals surface area contributed by atoms with Gasteiger partial charge in [0, 0.05) is 13.1 Å². The van der Waals surface area contributed by atoms with Crippen molar-refractivity contribution >= 4 is 0 Å². The highest BCUT2D eigenvalue weighted by molar-refractivity contribution is 5.21. The Bertz CT molecular complexity index is 320. The van der Waals surface area contributed by atoms with Crippen LogP contribution in [0.25, 0.3) is 0 Å². The van der Waals surface area contributed by atoms with Crippen molar-refractivity contribution in [3.05, 3.63) is 35.4 Å². The van der Waals surface area contributed by atoms with Gasteiger partial charge in [-0.15, -0.1) is 0 Å². The van der Waals surface area contributed by atoms with E-state index in [2.05, 4.69) is 24.0 Å². The van der Waals surface area contributed by atoms with E-state index >= 15 is 0 Å². The van der Waals surface area contributed by atoms with Gasteiger partial charge in [-0.2, -0.15) is 0 Å². The maximum atomic E-state index is 8.97. The number of nitrogens with zero attached hydrogens (tertiary/aromatic N) is 1. The second-order valence-corrected chi connectivity index (χ2v) is 4.96. The Morgan fingerprint density at radius 1 is 1.25 bits per heavy atom. The molecule has 2 rings (SSSR count). The molecule has 1 aromatic carbocycles. The fraction of sp³-hybridized carbons (Fsp3) is 0.571. The van der Waals surface area contributed by atoms with Crippen molar-refractivity contribution in [1.82, 2.24) is 4.90 Å². The Labute approximate surface area is 97.9 Å². The zero-order chi connectivity index (χ0) is 11.4. The maximum absolute atomic E-state index is 8.97. The third-order valence-corrected chi connectivity index (χ3v) is 3.35. The first-order chi connectivity index (χ1) is 7.78. The topological polar surface area (TPSA) is 23.5 Å². The molecule has 1 atom stereocenters. The molecule has 2 heteroatoms. The molecule has 1 fully saturated rings. The van der Waals surface area contributed by atoms with E-state index in [1.54, 1.807) is 0 Å². The molecule has 1 aromatic rings. The summed E-state index contributed by atoms with van der Waals surface area (Å²) in [6.07, 6.45) is 2.70. The summed E-state index contributed by atoms with van der Waals surface area (Å²) in [5.41, 5.74) is 2.35. The van der Waals surface area contributed by atoms with Crippen LogP contribution in [0, 0.1) is 5.92 Å². The van der Waals surface area contributed by atoms with Crippen LogP contribution in [0.15, 0.2) is 24.3 Å². The number of hydrogen-bond acceptors (Lipinski definition) is 2. The molecule has 0 radical (unpaired) electrons. The molecule has 0 bridgehead atoms. The van der Waals surface area contributed by atoms with Gasteiger partial charge < -0.3 is 5.11 Å². The summed E-state index contributed by atoms with van der Waals surface area (Å²) >= 11 is 0. The van der Waals surface area contributed by atoms with Crippen LogP contribution >= 0.6 is 0 Å².